The quantitative estimate of drug-likeness (QED) is 0.682. The van der Waals surface area contributed by atoms with Gasteiger partial charge in [0.25, 0.3) is 0 Å². The van der Waals surface area contributed by atoms with Gasteiger partial charge in [0.1, 0.15) is 23.9 Å². The van der Waals surface area contributed by atoms with Gasteiger partial charge in [-0.15, -0.1) is 0 Å². The Hall–Kier alpha value is -1.89. The minimum Gasteiger partial charge on any atom is -0.496 e. The standard InChI is InChI=1S/C10H8FNO2/c1-14-10-5-9(11)8(6-12)4-7(10)2-3-13/h3-5H,2H2,1H3. The highest BCUT2D eigenvalue weighted by Gasteiger charge is 2.09. The van der Waals surface area contributed by atoms with Crippen LogP contribution in [0.4, 0.5) is 4.39 Å². The largest absolute Gasteiger partial charge is 0.496 e. The maximum Gasteiger partial charge on any atom is 0.144 e. The summed E-state index contributed by atoms with van der Waals surface area (Å²) in [5.74, 6) is -0.354. The molecule has 0 fully saturated rings. The number of carbonyl (C=O) groups is 1. The van der Waals surface area contributed by atoms with Gasteiger partial charge in [0.2, 0.25) is 0 Å². The molecule has 0 heterocycles. The van der Waals surface area contributed by atoms with E-state index in [-0.39, 0.29) is 17.7 Å². The SMILES string of the molecule is COc1cc(F)c(C#N)cc1CC=O. The zero-order valence-electron chi connectivity index (χ0n) is 7.58. The Bertz CT molecular complexity index is 396. The average molecular weight is 193 g/mol. The molecule has 14 heavy (non-hydrogen) atoms. The highest BCUT2D eigenvalue weighted by molar-refractivity contribution is 5.59. The van der Waals surface area contributed by atoms with E-state index in [1.807, 2.05) is 0 Å². The average Bonchev–Trinajstić information content (AvgIpc) is 2.20. The van der Waals surface area contributed by atoms with Gasteiger partial charge in [0.15, 0.2) is 0 Å². The van der Waals surface area contributed by atoms with Crippen LogP contribution in [-0.4, -0.2) is 13.4 Å². The second-order valence-corrected chi connectivity index (χ2v) is 2.63. The lowest BCUT2D eigenvalue weighted by Gasteiger charge is -2.06. The van der Waals surface area contributed by atoms with Crippen molar-refractivity contribution in [2.24, 2.45) is 0 Å². The molecule has 0 spiro atoms. The molecule has 0 atom stereocenters. The number of ether oxygens (including phenoxy) is 1. The van der Waals surface area contributed by atoms with Crippen LogP contribution in [0.2, 0.25) is 0 Å². The maximum absolute atomic E-state index is 13.1. The summed E-state index contributed by atoms with van der Waals surface area (Å²) < 4.78 is 17.9. The first-order chi connectivity index (χ1) is 6.72. The number of aldehydes is 1. The van der Waals surface area contributed by atoms with Gasteiger partial charge >= 0.3 is 0 Å². The number of rotatable bonds is 3. The molecule has 1 rings (SSSR count). The zero-order chi connectivity index (χ0) is 10.6. The van der Waals surface area contributed by atoms with Gasteiger partial charge in [-0.3, -0.25) is 0 Å². The van der Waals surface area contributed by atoms with E-state index in [1.54, 1.807) is 6.07 Å². The van der Waals surface area contributed by atoms with Gasteiger partial charge in [0.05, 0.1) is 12.7 Å². The van der Waals surface area contributed by atoms with Crippen LogP contribution in [-0.2, 0) is 11.2 Å². The Morgan fingerprint density at radius 3 is 2.86 bits per heavy atom. The minimum absolute atomic E-state index is 0.0809. The van der Waals surface area contributed by atoms with Crippen LogP contribution in [0.5, 0.6) is 5.75 Å². The molecular formula is C10H8FNO2. The van der Waals surface area contributed by atoms with Crippen molar-refractivity contribution in [3.05, 3.63) is 29.1 Å². The van der Waals surface area contributed by atoms with Crippen molar-refractivity contribution in [3.63, 3.8) is 0 Å². The van der Waals surface area contributed by atoms with Crippen LogP contribution in [0.3, 0.4) is 0 Å². The number of methoxy groups -OCH3 is 1. The summed E-state index contributed by atoms with van der Waals surface area (Å²) >= 11 is 0. The van der Waals surface area contributed by atoms with Crippen LogP contribution in [0, 0.1) is 17.1 Å². The van der Waals surface area contributed by atoms with Crippen molar-refractivity contribution in [2.75, 3.05) is 7.11 Å². The molecule has 1 aromatic carbocycles. The maximum atomic E-state index is 13.1. The molecule has 0 aliphatic carbocycles. The smallest absolute Gasteiger partial charge is 0.144 e. The van der Waals surface area contributed by atoms with E-state index >= 15 is 0 Å². The Labute approximate surface area is 80.7 Å². The van der Waals surface area contributed by atoms with Crippen molar-refractivity contribution in [3.8, 4) is 11.8 Å². The number of hydrogen-bond donors (Lipinski definition) is 0. The van der Waals surface area contributed by atoms with Gasteiger partial charge in [-0.1, -0.05) is 0 Å². The van der Waals surface area contributed by atoms with E-state index in [4.69, 9.17) is 10.00 Å². The Morgan fingerprint density at radius 1 is 1.64 bits per heavy atom. The number of nitrogens with zero attached hydrogens (tertiary/aromatic N) is 1. The van der Waals surface area contributed by atoms with Crippen LogP contribution in [0.25, 0.3) is 0 Å². The third-order valence-corrected chi connectivity index (χ3v) is 1.79. The van der Waals surface area contributed by atoms with Crippen molar-refractivity contribution in [1.82, 2.24) is 0 Å². The minimum atomic E-state index is -0.640. The first-order valence-electron chi connectivity index (χ1n) is 3.93. The fourth-order valence-electron chi connectivity index (χ4n) is 1.12. The molecule has 0 aromatic heterocycles. The zero-order valence-corrected chi connectivity index (χ0v) is 7.58. The van der Waals surface area contributed by atoms with Crippen LogP contribution in [0.15, 0.2) is 12.1 Å². The Balaban J connectivity index is 3.26. The molecule has 0 amide bonds. The highest BCUT2D eigenvalue weighted by Crippen LogP contribution is 2.22. The van der Waals surface area contributed by atoms with E-state index in [0.717, 1.165) is 6.07 Å². The van der Waals surface area contributed by atoms with Crippen molar-refractivity contribution in [2.45, 2.75) is 6.42 Å². The van der Waals surface area contributed by atoms with Crippen LogP contribution in [0.1, 0.15) is 11.1 Å². The number of nitriles is 1. The summed E-state index contributed by atoms with van der Waals surface area (Å²) in [6, 6.07) is 4.13. The monoisotopic (exact) mass is 193 g/mol. The fraction of sp³-hybridized carbons (Fsp3) is 0.200. The molecule has 72 valence electrons. The molecule has 0 radical (unpaired) electrons. The third-order valence-electron chi connectivity index (χ3n) is 1.79. The fourth-order valence-corrected chi connectivity index (χ4v) is 1.12. The molecule has 0 aliphatic heterocycles. The molecule has 4 heteroatoms. The van der Waals surface area contributed by atoms with Gasteiger partial charge < -0.3 is 9.53 Å². The summed E-state index contributed by atoms with van der Waals surface area (Å²) in [5, 5.41) is 8.56. The summed E-state index contributed by atoms with van der Waals surface area (Å²) in [4.78, 5) is 10.3. The van der Waals surface area contributed by atoms with E-state index in [1.165, 1.54) is 13.2 Å². The van der Waals surface area contributed by atoms with Gasteiger partial charge in [-0.25, -0.2) is 4.39 Å². The third kappa shape index (κ3) is 1.88. The second kappa shape index (κ2) is 4.38. The molecular weight excluding hydrogens is 185 g/mol. The van der Waals surface area contributed by atoms with Crippen molar-refractivity contribution >= 4 is 6.29 Å². The van der Waals surface area contributed by atoms with E-state index in [2.05, 4.69) is 0 Å². The Morgan fingerprint density at radius 2 is 2.36 bits per heavy atom. The van der Waals surface area contributed by atoms with Crippen LogP contribution >= 0.6 is 0 Å². The summed E-state index contributed by atoms with van der Waals surface area (Å²) in [7, 11) is 1.38. The number of carbonyl (C=O) groups excluding carboxylic acids is 1. The molecule has 0 saturated heterocycles. The van der Waals surface area contributed by atoms with Crippen molar-refractivity contribution in [1.29, 1.82) is 5.26 Å². The number of halogens is 1. The Kier molecular flexibility index (Phi) is 3.19. The molecule has 0 unspecified atom stereocenters. The summed E-state index contributed by atoms with van der Waals surface area (Å²) in [6.45, 7) is 0. The van der Waals surface area contributed by atoms with E-state index < -0.39 is 5.82 Å². The molecule has 0 bridgehead atoms. The second-order valence-electron chi connectivity index (χ2n) is 2.63. The molecule has 0 N–H and O–H groups in total. The topological polar surface area (TPSA) is 50.1 Å². The van der Waals surface area contributed by atoms with Crippen molar-refractivity contribution < 1.29 is 13.9 Å². The van der Waals surface area contributed by atoms with Gasteiger partial charge in [0, 0.05) is 18.1 Å². The predicted octanol–water partition coefficient (Wildman–Crippen LogP) is 1.45. The van der Waals surface area contributed by atoms with E-state index in [9.17, 15) is 9.18 Å². The number of benzene rings is 1. The van der Waals surface area contributed by atoms with Gasteiger partial charge in [-0.05, 0) is 6.07 Å². The summed E-state index contributed by atoms with van der Waals surface area (Å²) in [5.41, 5.74) is 0.433. The first-order valence-corrected chi connectivity index (χ1v) is 3.93. The van der Waals surface area contributed by atoms with Crippen LogP contribution < -0.4 is 4.74 Å². The van der Waals surface area contributed by atoms with E-state index in [0.29, 0.717) is 11.8 Å². The highest BCUT2D eigenvalue weighted by atomic mass is 19.1. The normalized spacial score (nSPS) is 9.21. The molecule has 0 aliphatic rings. The lowest BCUT2D eigenvalue weighted by molar-refractivity contribution is -0.107. The predicted molar refractivity (Wildman–Crippen MR) is 47.4 cm³/mol. The molecule has 1 aromatic rings. The lowest BCUT2D eigenvalue weighted by Crippen LogP contribution is -1.96. The first kappa shape index (κ1) is 10.2. The summed E-state index contributed by atoms with van der Waals surface area (Å²) in [6.07, 6.45) is 0.787. The number of hydrogen-bond acceptors (Lipinski definition) is 3. The van der Waals surface area contributed by atoms with Gasteiger partial charge in [-0.2, -0.15) is 5.26 Å². The molecule has 0 saturated carbocycles. The lowest BCUT2D eigenvalue weighted by atomic mass is 10.1. The molecule has 3 nitrogen and oxygen atoms in total.